The number of thioether (sulfide) groups is 2. The highest BCUT2D eigenvalue weighted by Gasteiger charge is 2.21. The summed E-state index contributed by atoms with van der Waals surface area (Å²) in [6.07, 6.45) is 3.56. The molecule has 0 radical (unpaired) electrons. The number of halogens is 2. The lowest BCUT2D eigenvalue weighted by Crippen LogP contribution is -1.88. The number of hydrogen-bond donors (Lipinski definition) is 0. The number of rotatable bonds is 1. The van der Waals surface area contributed by atoms with Gasteiger partial charge in [0.2, 0.25) is 5.12 Å². The zero-order chi connectivity index (χ0) is 12.4. The topological polar surface area (TPSA) is 29.4 Å². The molecule has 0 saturated carbocycles. The van der Waals surface area contributed by atoms with Crippen molar-refractivity contribution in [2.75, 3.05) is 6.26 Å². The van der Waals surface area contributed by atoms with E-state index in [0.717, 1.165) is 21.7 Å². The average molecular weight is 304 g/mol. The Kier molecular flexibility index (Phi) is 4.20. The van der Waals surface area contributed by atoms with Crippen molar-refractivity contribution < 1.29 is 4.79 Å². The fourth-order valence-corrected chi connectivity index (χ4v) is 2.97. The van der Waals surface area contributed by atoms with E-state index >= 15 is 0 Å². The standard InChI is InChI=1S/C11H7Cl2NOS2/c1-16-11-14-9(10(15)17-11)4-6-2-3-7(12)5-8(6)13/h2-5H,1H3/b9-4-. The number of aliphatic imine (C=N–C) groups is 1. The van der Waals surface area contributed by atoms with Crippen LogP contribution in [0.5, 0.6) is 0 Å². The lowest BCUT2D eigenvalue weighted by atomic mass is 10.2. The molecular formula is C11H7Cl2NOS2. The fraction of sp³-hybridized carbons (Fsp3) is 0.0909. The zero-order valence-corrected chi connectivity index (χ0v) is 11.9. The van der Waals surface area contributed by atoms with Crippen molar-refractivity contribution in [2.45, 2.75) is 0 Å². The minimum Gasteiger partial charge on any atom is -0.279 e. The molecule has 0 aliphatic carbocycles. The Bertz CT molecular complexity index is 540. The second kappa shape index (κ2) is 5.48. The van der Waals surface area contributed by atoms with Crippen molar-refractivity contribution in [3.05, 3.63) is 39.5 Å². The first kappa shape index (κ1) is 13.0. The molecule has 88 valence electrons. The van der Waals surface area contributed by atoms with Crippen LogP contribution in [-0.2, 0) is 4.79 Å². The second-order valence-electron chi connectivity index (χ2n) is 3.17. The van der Waals surface area contributed by atoms with E-state index in [1.54, 1.807) is 24.3 Å². The Hall–Kier alpha value is -0.420. The Labute approximate surface area is 117 Å². The summed E-state index contributed by atoms with van der Waals surface area (Å²) in [7, 11) is 0. The largest absolute Gasteiger partial charge is 0.279 e. The molecule has 0 bridgehead atoms. The number of hydrogen-bond acceptors (Lipinski definition) is 4. The normalized spacial score (nSPS) is 17.7. The van der Waals surface area contributed by atoms with Gasteiger partial charge in [-0.3, -0.25) is 4.79 Å². The predicted molar refractivity (Wildman–Crippen MR) is 78.0 cm³/mol. The van der Waals surface area contributed by atoms with Crippen LogP contribution in [-0.4, -0.2) is 15.7 Å². The minimum atomic E-state index is -0.0552. The van der Waals surface area contributed by atoms with Crippen LogP contribution in [0.1, 0.15) is 5.56 Å². The van der Waals surface area contributed by atoms with E-state index in [0.29, 0.717) is 15.7 Å². The Morgan fingerprint density at radius 2 is 2.18 bits per heavy atom. The van der Waals surface area contributed by atoms with E-state index in [1.807, 2.05) is 6.26 Å². The maximum atomic E-state index is 11.6. The minimum absolute atomic E-state index is 0.0552. The van der Waals surface area contributed by atoms with Crippen molar-refractivity contribution >= 4 is 62.3 Å². The molecule has 17 heavy (non-hydrogen) atoms. The van der Waals surface area contributed by atoms with Gasteiger partial charge in [-0.15, -0.1) is 11.8 Å². The molecule has 2 nitrogen and oxygen atoms in total. The number of carbonyl (C=O) groups excluding carboxylic acids is 1. The summed E-state index contributed by atoms with van der Waals surface area (Å²) in [5.74, 6) is 0. The quantitative estimate of drug-likeness (QED) is 0.723. The summed E-state index contributed by atoms with van der Waals surface area (Å²) < 4.78 is 0.756. The first-order valence-electron chi connectivity index (χ1n) is 4.62. The molecule has 0 N–H and O–H groups in total. The summed E-state index contributed by atoms with van der Waals surface area (Å²) in [6, 6.07) is 5.13. The van der Waals surface area contributed by atoms with Gasteiger partial charge in [0.25, 0.3) is 0 Å². The van der Waals surface area contributed by atoms with Gasteiger partial charge in [-0.05, 0) is 41.8 Å². The Morgan fingerprint density at radius 1 is 1.41 bits per heavy atom. The summed E-state index contributed by atoms with van der Waals surface area (Å²) in [5, 5.41) is 1.02. The molecule has 1 heterocycles. The summed E-state index contributed by atoms with van der Waals surface area (Å²) in [4.78, 5) is 15.8. The van der Waals surface area contributed by atoms with E-state index in [1.165, 1.54) is 11.8 Å². The van der Waals surface area contributed by atoms with Crippen LogP contribution in [0.3, 0.4) is 0 Å². The Morgan fingerprint density at radius 3 is 2.76 bits per heavy atom. The molecule has 1 aliphatic rings. The molecule has 0 atom stereocenters. The van der Waals surface area contributed by atoms with Crippen LogP contribution < -0.4 is 0 Å². The molecule has 2 rings (SSSR count). The SMILES string of the molecule is CSC1=N/C(=C\c2ccc(Cl)cc2Cl)C(=O)S1. The summed E-state index contributed by atoms with van der Waals surface area (Å²) >= 11 is 14.4. The lowest BCUT2D eigenvalue weighted by Gasteiger charge is -1.99. The molecule has 1 aromatic rings. The Balaban J connectivity index is 2.36. The predicted octanol–water partition coefficient (Wildman–Crippen LogP) is 4.33. The molecule has 6 heteroatoms. The third-order valence-electron chi connectivity index (χ3n) is 2.03. The van der Waals surface area contributed by atoms with Crippen molar-refractivity contribution in [1.29, 1.82) is 0 Å². The summed E-state index contributed by atoms with van der Waals surface area (Å²) in [5.41, 5.74) is 1.16. The highest BCUT2D eigenvalue weighted by molar-refractivity contribution is 8.45. The van der Waals surface area contributed by atoms with Crippen LogP contribution in [0, 0.1) is 0 Å². The fourth-order valence-electron chi connectivity index (χ4n) is 1.24. The van der Waals surface area contributed by atoms with Crippen LogP contribution in [0.2, 0.25) is 10.0 Å². The van der Waals surface area contributed by atoms with E-state index in [-0.39, 0.29) is 5.12 Å². The molecule has 0 unspecified atom stereocenters. The molecule has 0 fully saturated rings. The van der Waals surface area contributed by atoms with Gasteiger partial charge in [0, 0.05) is 10.0 Å². The number of carbonyl (C=O) groups is 1. The second-order valence-corrected chi connectivity index (χ2v) is 6.03. The zero-order valence-electron chi connectivity index (χ0n) is 8.74. The monoisotopic (exact) mass is 303 g/mol. The van der Waals surface area contributed by atoms with E-state index < -0.39 is 0 Å². The molecule has 1 aromatic carbocycles. The van der Waals surface area contributed by atoms with E-state index in [2.05, 4.69) is 4.99 Å². The van der Waals surface area contributed by atoms with E-state index in [4.69, 9.17) is 23.2 Å². The highest BCUT2D eigenvalue weighted by Crippen LogP contribution is 2.31. The highest BCUT2D eigenvalue weighted by atomic mass is 35.5. The third kappa shape index (κ3) is 3.07. The van der Waals surface area contributed by atoms with Crippen molar-refractivity contribution in [3.8, 4) is 0 Å². The maximum Gasteiger partial charge on any atom is 0.244 e. The molecular weight excluding hydrogens is 297 g/mol. The smallest absolute Gasteiger partial charge is 0.244 e. The van der Waals surface area contributed by atoms with Crippen molar-refractivity contribution in [3.63, 3.8) is 0 Å². The van der Waals surface area contributed by atoms with Crippen LogP contribution in [0.4, 0.5) is 0 Å². The van der Waals surface area contributed by atoms with Gasteiger partial charge in [0.1, 0.15) is 10.1 Å². The van der Waals surface area contributed by atoms with Gasteiger partial charge in [-0.2, -0.15) is 0 Å². The van der Waals surface area contributed by atoms with Gasteiger partial charge in [0.15, 0.2) is 0 Å². The number of benzene rings is 1. The first-order valence-corrected chi connectivity index (χ1v) is 7.41. The van der Waals surface area contributed by atoms with Crippen molar-refractivity contribution in [2.24, 2.45) is 4.99 Å². The molecule has 0 spiro atoms. The lowest BCUT2D eigenvalue weighted by molar-refractivity contribution is -0.107. The van der Waals surface area contributed by atoms with Gasteiger partial charge in [-0.25, -0.2) is 4.99 Å². The molecule has 1 aliphatic heterocycles. The average Bonchev–Trinajstić information content (AvgIpc) is 2.64. The molecule has 0 saturated heterocycles. The first-order chi connectivity index (χ1) is 8.10. The van der Waals surface area contributed by atoms with E-state index in [9.17, 15) is 4.79 Å². The summed E-state index contributed by atoms with van der Waals surface area (Å²) in [6.45, 7) is 0. The third-order valence-corrected chi connectivity index (χ3v) is 4.44. The molecule has 0 amide bonds. The van der Waals surface area contributed by atoms with Crippen LogP contribution in [0.25, 0.3) is 6.08 Å². The van der Waals surface area contributed by atoms with Gasteiger partial charge >= 0.3 is 0 Å². The van der Waals surface area contributed by atoms with Crippen molar-refractivity contribution in [1.82, 2.24) is 0 Å². The van der Waals surface area contributed by atoms with Gasteiger partial charge in [0.05, 0.1) is 0 Å². The maximum absolute atomic E-state index is 11.6. The number of nitrogens with zero attached hydrogens (tertiary/aromatic N) is 1. The van der Waals surface area contributed by atoms with Gasteiger partial charge < -0.3 is 0 Å². The van der Waals surface area contributed by atoms with Gasteiger partial charge in [-0.1, -0.05) is 29.3 Å². The molecule has 0 aromatic heterocycles. The van der Waals surface area contributed by atoms with Crippen LogP contribution in [0.15, 0.2) is 28.9 Å². The van der Waals surface area contributed by atoms with Crippen LogP contribution >= 0.6 is 46.7 Å².